The van der Waals surface area contributed by atoms with Gasteiger partial charge in [0.1, 0.15) is 6.33 Å². The number of fused-ring (bicyclic) bond motifs is 1. The second-order valence-corrected chi connectivity index (χ2v) is 6.90. The summed E-state index contributed by atoms with van der Waals surface area (Å²) >= 11 is 0. The van der Waals surface area contributed by atoms with Crippen molar-refractivity contribution in [1.29, 1.82) is 0 Å². The minimum absolute atomic E-state index is 0.291. The molecule has 1 aromatic carbocycles. The first-order valence-corrected chi connectivity index (χ1v) is 9.09. The van der Waals surface area contributed by atoms with Crippen molar-refractivity contribution in [3.63, 3.8) is 0 Å². The van der Waals surface area contributed by atoms with Gasteiger partial charge in [-0.3, -0.25) is 0 Å². The molecule has 140 valence electrons. The normalized spacial score (nSPS) is 15.1. The quantitative estimate of drug-likeness (QED) is 0.739. The van der Waals surface area contributed by atoms with Crippen LogP contribution in [0.3, 0.4) is 0 Å². The molecule has 0 radical (unpaired) electrons. The van der Waals surface area contributed by atoms with Crippen molar-refractivity contribution in [2.45, 2.75) is 32.2 Å². The summed E-state index contributed by atoms with van der Waals surface area (Å²) in [5.41, 5.74) is 6.10. The van der Waals surface area contributed by atoms with E-state index in [0.29, 0.717) is 12.5 Å². The fourth-order valence-corrected chi connectivity index (χ4v) is 3.64. The zero-order valence-electron chi connectivity index (χ0n) is 15.2. The fourth-order valence-electron chi connectivity index (χ4n) is 3.64. The van der Waals surface area contributed by atoms with Gasteiger partial charge in [0.05, 0.1) is 11.2 Å². The lowest BCUT2D eigenvalue weighted by Gasteiger charge is -2.20. The smallest absolute Gasteiger partial charge is 0.404 e. The minimum Gasteiger partial charge on any atom is -0.465 e. The van der Waals surface area contributed by atoms with Gasteiger partial charge in [-0.1, -0.05) is 12.1 Å². The molecule has 1 aliphatic heterocycles. The van der Waals surface area contributed by atoms with Gasteiger partial charge in [0, 0.05) is 31.5 Å². The molecule has 4 rings (SSSR count). The van der Waals surface area contributed by atoms with Crippen molar-refractivity contribution in [3.8, 4) is 11.3 Å². The molecule has 0 bridgehead atoms. The molecule has 1 fully saturated rings. The Morgan fingerprint density at radius 1 is 1.33 bits per heavy atom. The van der Waals surface area contributed by atoms with Crippen LogP contribution in [0, 0.1) is 6.92 Å². The highest BCUT2D eigenvalue weighted by Crippen LogP contribution is 2.31. The average molecular weight is 366 g/mol. The molecule has 3 heterocycles. The van der Waals surface area contributed by atoms with Crippen LogP contribution in [0.2, 0.25) is 0 Å². The van der Waals surface area contributed by atoms with Crippen molar-refractivity contribution in [3.05, 3.63) is 53.5 Å². The minimum atomic E-state index is -1.02. The summed E-state index contributed by atoms with van der Waals surface area (Å²) in [7, 11) is 0. The number of hydrogen-bond donors (Lipinski definition) is 2. The summed E-state index contributed by atoms with van der Waals surface area (Å²) in [6.45, 7) is 3.88. The predicted octanol–water partition coefficient (Wildman–Crippen LogP) is 3.37. The van der Waals surface area contributed by atoms with Crippen LogP contribution in [0.15, 0.2) is 36.8 Å². The van der Waals surface area contributed by atoms with Gasteiger partial charge in [0.2, 0.25) is 0 Å². The highest BCUT2D eigenvalue weighted by molar-refractivity contribution is 5.77. The molecular weight excluding hydrogens is 344 g/mol. The van der Waals surface area contributed by atoms with Gasteiger partial charge < -0.3 is 15.2 Å². The van der Waals surface area contributed by atoms with E-state index in [9.17, 15) is 4.79 Å². The van der Waals surface area contributed by atoms with Crippen LogP contribution in [0.25, 0.3) is 16.8 Å². The molecule has 1 amide bonds. The number of carbonyl (C=O) groups is 1. The molecule has 0 atom stereocenters. The Labute approximate surface area is 157 Å². The largest absolute Gasteiger partial charge is 0.465 e. The summed E-state index contributed by atoms with van der Waals surface area (Å²) in [6.07, 6.45) is 4.71. The number of nitrogens with one attached hydrogen (secondary N) is 1. The maximum atomic E-state index is 10.7. The number of rotatable bonds is 4. The number of hydrogen-bond acceptors (Lipinski definition) is 4. The Bertz CT molecular complexity index is 977. The molecule has 27 heavy (non-hydrogen) atoms. The lowest BCUT2D eigenvalue weighted by atomic mass is 9.94. The van der Waals surface area contributed by atoms with E-state index in [4.69, 9.17) is 9.84 Å². The van der Waals surface area contributed by atoms with Gasteiger partial charge in [0.25, 0.3) is 0 Å². The van der Waals surface area contributed by atoms with Gasteiger partial charge in [-0.05, 0) is 54.5 Å². The topological polar surface area (TPSA) is 88.8 Å². The van der Waals surface area contributed by atoms with Crippen LogP contribution >= 0.6 is 0 Å². The molecule has 2 aromatic heterocycles. The zero-order chi connectivity index (χ0) is 18.8. The highest BCUT2D eigenvalue weighted by Gasteiger charge is 2.19. The Balaban J connectivity index is 1.67. The molecule has 2 N–H and O–H groups in total. The Morgan fingerprint density at radius 2 is 2.15 bits per heavy atom. The summed E-state index contributed by atoms with van der Waals surface area (Å²) in [4.78, 5) is 15.2. The van der Waals surface area contributed by atoms with Crippen LogP contribution in [-0.4, -0.2) is 39.0 Å². The third-order valence-corrected chi connectivity index (χ3v) is 5.17. The Hall–Kier alpha value is -2.93. The van der Waals surface area contributed by atoms with E-state index in [-0.39, 0.29) is 0 Å². The Morgan fingerprint density at radius 3 is 2.89 bits per heavy atom. The first-order chi connectivity index (χ1) is 13.1. The molecule has 7 heteroatoms. The van der Waals surface area contributed by atoms with E-state index in [1.807, 2.05) is 29.6 Å². The van der Waals surface area contributed by atoms with Crippen LogP contribution < -0.4 is 5.32 Å². The molecule has 1 aliphatic rings. The van der Waals surface area contributed by atoms with E-state index < -0.39 is 6.09 Å². The zero-order valence-corrected chi connectivity index (χ0v) is 15.2. The molecule has 0 unspecified atom stereocenters. The number of aromatic nitrogens is 3. The van der Waals surface area contributed by atoms with E-state index in [1.165, 1.54) is 5.56 Å². The van der Waals surface area contributed by atoms with Gasteiger partial charge in [-0.2, -0.15) is 5.10 Å². The van der Waals surface area contributed by atoms with Crippen LogP contribution in [-0.2, 0) is 11.3 Å². The van der Waals surface area contributed by atoms with E-state index in [0.717, 1.165) is 54.0 Å². The number of benzene rings is 1. The number of nitrogens with zero attached hydrogens (tertiary/aromatic N) is 3. The van der Waals surface area contributed by atoms with Gasteiger partial charge in [-0.25, -0.2) is 14.3 Å². The average Bonchev–Trinajstić information content (AvgIpc) is 3.12. The molecule has 3 aromatic rings. The SMILES string of the molecule is Cc1cc(-c2ncnn3cc(C4CCOCC4)cc23)ccc1CNC(=O)O. The molecule has 7 nitrogen and oxygen atoms in total. The maximum absolute atomic E-state index is 10.7. The van der Waals surface area contributed by atoms with E-state index >= 15 is 0 Å². The standard InChI is InChI=1S/C20H22N4O3/c1-13-8-15(2-3-16(13)10-21-20(25)26)19-18-9-17(11-24(18)23-12-22-19)14-4-6-27-7-5-14/h2-3,8-9,11-12,14,21H,4-7,10H2,1H3,(H,25,26). The molecule has 0 spiro atoms. The second-order valence-electron chi connectivity index (χ2n) is 6.90. The van der Waals surface area contributed by atoms with Crippen molar-refractivity contribution >= 4 is 11.6 Å². The second kappa shape index (κ2) is 7.36. The number of aryl methyl sites for hydroxylation is 1. The number of amides is 1. The van der Waals surface area contributed by atoms with Crippen LogP contribution in [0.4, 0.5) is 4.79 Å². The van der Waals surface area contributed by atoms with Crippen molar-refractivity contribution < 1.29 is 14.6 Å². The van der Waals surface area contributed by atoms with Gasteiger partial charge >= 0.3 is 6.09 Å². The number of carboxylic acid groups (broad SMARTS) is 1. The summed E-state index contributed by atoms with van der Waals surface area (Å²) < 4.78 is 7.36. The Kier molecular flexibility index (Phi) is 4.77. The van der Waals surface area contributed by atoms with E-state index in [2.05, 4.69) is 27.7 Å². The highest BCUT2D eigenvalue weighted by atomic mass is 16.5. The van der Waals surface area contributed by atoms with Gasteiger partial charge in [0.15, 0.2) is 0 Å². The molecule has 0 saturated carbocycles. The number of ether oxygens (including phenoxy) is 1. The summed E-state index contributed by atoms with van der Waals surface area (Å²) in [5.74, 6) is 0.500. The first-order valence-electron chi connectivity index (χ1n) is 9.09. The summed E-state index contributed by atoms with van der Waals surface area (Å²) in [6, 6.07) is 8.15. The maximum Gasteiger partial charge on any atom is 0.404 e. The van der Waals surface area contributed by atoms with Crippen molar-refractivity contribution in [2.75, 3.05) is 13.2 Å². The molecular formula is C20H22N4O3. The predicted molar refractivity (Wildman–Crippen MR) is 101 cm³/mol. The lowest BCUT2D eigenvalue weighted by Crippen LogP contribution is -2.20. The lowest BCUT2D eigenvalue weighted by molar-refractivity contribution is 0.0853. The van der Waals surface area contributed by atoms with Gasteiger partial charge in [-0.15, -0.1) is 0 Å². The monoisotopic (exact) mass is 366 g/mol. The van der Waals surface area contributed by atoms with Crippen molar-refractivity contribution in [2.24, 2.45) is 0 Å². The third kappa shape index (κ3) is 3.64. The van der Waals surface area contributed by atoms with Crippen LogP contribution in [0.1, 0.15) is 35.4 Å². The van der Waals surface area contributed by atoms with E-state index in [1.54, 1.807) is 6.33 Å². The van der Waals surface area contributed by atoms with Crippen LogP contribution in [0.5, 0.6) is 0 Å². The summed E-state index contributed by atoms with van der Waals surface area (Å²) in [5, 5.41) is 15.6. The van der Waals surface area contributed by atoms with Crippen molar-refractivity contribution in [1.82, 2.24) is 19.9 Å². The molecule has 0 aliphatic carbocycles. The third-order valence-electron chi connectivity index (χ3n) is 5.17. The fraction of sp³-hybridized carbons (Fsp3) is 0.350. The molecule has 1 saturated heterocycles. The first kappa shape index (κ1) is 17.5.